The Morgan fingerprint density at radius 3 is 1.47 bits per heavy atom. The van der Waals surface area contributed by atoms with Gasteiger partial charge in [-0.3, -0.25) is 0 Å². The Bertz CT molecular complexity index is 4070. The summed E-state index contributed by atoms with van der Waals surface area (Å²) in [7, 11) is 0. The molecule has 0 N–H and O–H groups in total. The Balaban J connectivity index is 1.42. The van der Waals surface area contributed by atoms with Gasteiger partial charge in [-0.25, -0.2) is 0 Å². The maximum absolute atomic E-state index is 10.0. The summed E-state index contributed by atoms with van der Waals surface area (Å²) in [5.74, 6) is 0. The van der Waals surface area contributed by atoms with Crippen molar-refractivity contribution in [1.29, 1.82) is 0 Å². The van der Waals surface area contributed by atoms with E-state index in [-0.39, 0.29) is 55.0 Å². The topological polar surface area (TPSA) is 3.24 Å². The molecular weight excluding hydrogens is 615 g/mol. The molecule has 0 bridgehead atoms. The fraction of sp³-hybridized carbons (Fsp3) is 0. The minimum Gasteiger partial charge on any atom is -0.310 e. The predicted octanol–water partition coefficient (Wildman–Crippen LogP) is 14.1. The van der Waals surface area contributed by atoms with Crippen molar-refractivity contribution >= 4 is 38.6 Å². The number of benzene rings is 9. The van der Waals surface area contributed by atoms with E-state index in [0.717, 1.165) is 59.5 Å². The Morgan fingerprint density at radius 2 is 0.824 bits per heavy atom. The van der Waals surface area contributed by atoms with Crippen LogP contribution in [0.4, 0.5) is 17.1 Å². The molecule has 1 heteroatoms. The van der Waals surface area contributed by atoms with E-state index < -0.39 is 185 Å². The molecule has 0 aliphatic rings. The van der Waals surface area contributed by atoms with Gasteiger partial charge in [0.05, 0.1) is 35.6 Å². The highest BCUT2D eigenvalue weighted by molar-refractivity contribution is 5.98. The van der Waals surface area contributed by atoms with E-state index >= 15 is 0 Å². The molecule has 51 heavy (non-hydrogen) atoms. The summed E-state index contributed by atoms with van der Waals surface area (Å²) < 4.78 is 229. The van der Waals surface area contributed by atoms with Crippen molar-refractivity contribution < 1.29 is 35.6 Å². The van der Waals surface area contributed by atoms with E-state index in [1.165, 1.54) is 0 Å². The minimum absolute atomic E-state index is 0.0953. The van der Waals surface area contributed by atoms with Gasteiger partial charge in [0.15, 0.2) is 0 Å². The van der Waals surface area contributed by atoms with Gasteiger partial charge in [0.1, 0.15) is 0 Å². The first-order valence-corrected chi connectivity index (χ1v) is 15.4. The van der Waals surface area contributed by atoms with Crippen LogP contribution >= 0.6 is 0 Å². The zero-order valence-corrected chi connectivity index (χ0v) is 26.1. The second kappa shape index (κ2) is 13.3. The lowest BCUT2D eigenvalue weighted by Gasteiger charge is -2.27. The second-order valence-corrected chi connectivity index (χ2v) is 11.0. The van der Waals surface area contributed by atoms with Crippen LogP contribution in [-0.4, -0.2) is 0 Å². The lowest BCUT2D eigenvalue weighted by Crippen LogP contribution is -2.10. The number of anilines is 3. The summed E-state index contributed by atoms with van der Waals surface area (Å²) in [5, 5.41) is -0.834. The lowest BCUT2D eigenvalue weighted by atomic mass is 9.93. The molecule has 0 aliphatic carbocycles. The van der Waals surface area contributed by atoms with E-state index in [0.29, 0.717) is 0 Å². The first-order chi connectivity index (χ1) is 36.0. The van der Waals surface area contributed by atoms with Crippen LogP contribution in [0.15, 0.2) is 212 Å². The highest BCUT2D eigenvalue weighted by Gasteiger charge is 2.17. The van der Waals surface area contributed by atoms with Gasteiger partial charge >= 0.3 is 0 Å². The molecule has 0 aromatic heterocycles. The molecule has 240 valence electrons. The Hall–Kier alpha value is -6.70. The van der Waals surface area contributed by atoms with E-state index in [9.17, 15) is 8.22 Å². The summed E-state index contributed by atoms with van der Waals surface area (Å²) in [6, 6.07) is -7.12. The zero-order chi connectivity index (χ0) is 56.6. The Labute approximate surface area is 335 Å². The van der Waals surface area contributed by atoms with Gasteiger partial charge in [0.2, 0.25) is 0 Å². The van der Waals surface area contributed by atoms with Gasteiger partial charge in [-0.05, 0) is 102 Å². The maximum atomic E-state index is 10.0. The molecule has 9 aromatic carbocycles. The molecule has 0 radical (unpaired) electrons. The van der Waals surface area contributed by atoms with Crippen LogP contribution in [0.3, 0.4) is 0 Å². The smallest absolute Gasteiger partial charge is 0.0652 e. The summed E-state index contributed by atoms with van der Waals surface area (Å²) in [6.07, 6.45) is 0. The predicted molar refractivity (Wildman–Crippen MR) is 218 cm³/mol. The van der Waals surface area contributed by atoms with Crippen molar-refractivity contribution in [3.8, 4) is 44.5 Å². The third-order valence-corrected chi connectivity index (χ3v) is 7.99. The average molecular weight is 676 g/mol. The highest BCUT2D eigenvalue weighted by atomic mass is 15.1. The fourth-order valence-electron chi connectivity index (χ4n) is 5.64. The van der Waals surface area contributed by atoms with Gasteiger partial charge in [-0.2, -0.15) is 0 Å². The van der Waals surface area contributed by atoms with Crippen LogP contribution in [-0.2, 0) is 0 Å². The first kappa shape index (κ1) is 13.5. The van der Waals surface area contributed by atoms with Gasteiger partial charge < -0.3 is 4.90 Å². The van der Waals surface area contributed by atoms with Gasteiger partial charge in [0.25, 0.3) is 0 Å². The molecule has 0 saturated heterocycles. The molecule has 9 aromatic rings. The normalized spacial score (nSPS) is 18.3. The van der Waals surface area contributed by atoms with Gasteiger partial charge in [0, 0.05) is 17.1 Å². The molecule has 0 fully saturated rings. The summed E-state index contributed by atoms with van der Waals surface area (Å²) >= 11 is 0. The summed E-state index contributed by atoms with van der Waals surface area (Å²) in [5.41, 5.74) is -4.02. The van der Waals surface area contributed by atoms with E-state index in [4.69, 9.17) is 27.4 Å². The van der Waals surface area contributed by atoms with Crippen molar-refractivity contribution in [2.45, 2.75) is 0 Å². The summed E-state index contributed by atoms with van der Waals surface area (Å²) in [4.78, 5) is 0.991. The molecule has 0 aliphatic heterocycles. The van der Waals surface area contributed by atoms with Crippen LogP contribution in [0.1, 0.15) is 35.6 Å². The average Bonchev–Trinajstić information content (AvgIpc) is 3.39. The van der Waals surface area contributed by atoms with Crippen molar-refractivity contribution in [3.05, 3.63) is 212 Å². The molecule has 0 atom stereocenters. The van der Waals surface area contributed by atoms with Crippen LogP contribution in [0, 0.1) is 0 Å². The van der Waals surface area contributed by atoms with E-state index in [2.05, 4.69) is 0 Å². The van der Waals surface area contributed by atoms with Crippen molar-refractivity contribution in [2.75, 3.05) is 4.90 Å². The van der Waals surface area contributed by atoms with E-state index in [1.54, 1.807) is 0 Å². The largest absolute Gasteiger partial charge is 0.310 e. The third kappa shape index (κ3) is 5.86. The van der Waals surface area contributed by atoms with Crippen LogP contribution in [0.25, 0.3) is 66.1 Å². The van der Waals surface area contributed by atoms with Gasteiger partial charge in [-0.15, -0.1) is 0 Å². The second-order valence-electron chi connectivity index (χ2n) is 11.0. The van der Waals surface area contributed by atoms with Crippen molar-refractivity contribution in [1.82, 2.24) is 0 Å². The summed E-state index contributed by atoms with van der Waals surface area (Å²) in [6.45, 7) is 0. The molecule has 0 saturated carbocycles. The van der Waals surface area contributed by atoms with Crippen molar-refractivity contribution in [3.63, 3.8) is 0 Å². The minimum atomic E-state index is -0.790. The monoisotopic (exact) mass is 675 g/mol. The van der Waals surface area contributed by atoms with Gasteiger partial charge in [-0.1, -0.05) is 175 Å². The van der Waals surface area contributed by atoms with Crippen LogP contribution in [0.5, 0.6) is 0 Å². The maximum Gasteiger partial charge on any atom is 0.0652 e. The molecular formula is C50H35N. The number of rotatable bonds is 7. The Kier molecular flexibility index (Phi) is 3.54. The van der Waals surface area contributed by atoms with Crippen LogP contribution in [0.2, 0.25) is 0 Å². The molecule has 1 nitrogen and oxygen atoms in total. The lowest BCUT2D eigenvalue weighted by molar-refractivity contribution is 1.28. The zero-order valence-electron chi connectivity index (χ0n) is 52.1. The number of nitrogens with zero attached hydrogens (tertiary/aromatic N) is 1. The number of hydrogen-bond donors (Lipinski definition) is 0. The van der Waals surface area contributed by atoms with Crippen molar-refractivity contribution in [2.24, 2.45) is 0 Å². The fourth-order valence-corrected chi connectivity index (χ4v) is 5.64. The Morgan fingerprint density at radius 1 is 0.294 bits per heavy atom. The number of fused-ring (bicyclic) bond motifs is 2. The molecule has 0 unspecified atom stereocenters. The third-order valence-electron chi connectivity index (χ3n) is 7.99. The van der Waals surface area contributed by atoms with E-state index in [1.807, 2.05) is 0 Å². The SMILES string of the molecule is [2H]c1cc(-c2c([2H])cc(N(c3cc([2H])c(-c4c([2H])c([2H])c([2H])c5c([2H])c([2H])c([2H])cc45)c([2H])c3)c3c([2H])cc(-c4c([2H])c([2H])c([2H])c5c([2H])c([2H])c([2H])cc45)cc3[2H])c([2H])c2-c2cc([2H])c([2H])c([2H])c2[2H])c([2H])c([2H])c1[2H]. The molecule has 9 rings (SSSR count). The molecule has 0 heterocycles. The number of hydrogen-bond acceptors (Lipinski definition) is 1. The first-order valence-electron chi connectivity index (χ1n) is 28.4. The molecule has 0 amide bonds. The highest BCUT2D eigenvalue weighted by Crippen LogP contribution is 2.42. The molecule has 0 spiro atoms. The standard InChI is InChI=1S/C50H35N/c1-3-13-36(14-4-1)49-34-33-44(35-50(49)39-15-5-2-6-16-39)51(42-29-25-40(26-30-42)47-23-11-19-37-17-7-9-21-45(37)47)43-31-27-41(28-32-43)48-24-12-20-38-18-8-10-22-46(38)48/h1-35H/i1D,2D,3D,4D,5D,6D,7D,8D,9D,10D,11D,12D,13D,15D,17D,18D,19D,20D,23D,24D,25D,26D,31D,32D,34D,35D. The van der Waals surface area contributed by atoms with Crippen LogP contribution < -0.4 is 4.90 Å². The quantitative estimate of drug-likeness (QED) is 0.162.